The van der Waals surface area contributed by atoms with Crippen molar-refractivity contribution in [1.29, 1.82) is 0 Å². The van der Waals surface area contributed by atoms with Crippen LogP contribution in [-0.2, 0) is 4.79 Å². The minimum Gasteiger partial charge on any atom is -0.497 e. The summed E-state index contributed by atoms with van der Waals surface area (Å²) in [5.41, 5.74) is 0.225. The molecule has 1 rings (SSSR count). The lowest BCUT2D eigenvalue weighted by Gasteiger charge is -2.08. The molecular formula is C10H9F3N2O3. The molecule has 0 aliphatic heterocycles. The molecule has 5 nitrogen and oxygen atoms in total. The van der Waals surface area contributed by atoms with Crippen molar-refractivity contribution >= 4 is 17.6 Å². The second-order valence-corrected chi connectivity index (χ2v) is 3.13. The number of halogens is 3. The SMILES string of the molecule is COc1ccc(NC(=O)NC(=O)C(F)(F)F)cc1. The fourth-order valence-corrected chi connectivity index (χ4v) is 1.01. The van der Waals surface area contributed by atoms with Crippen LogP contribution >= 0.6 is 0 Å². The van der Waals surface area contributed by atoms with Crippen LogP contribution in [0.25, 0.3) is 0 Å². The molecule has 0 aliphatic carbocycles. The van der Waals surface area contributed by atoms with Crippen LogP contribution < -0.4 is 15.4 Å². The predicted octanol–water partition coefficient (Wildman–Crippen LogP) is 1.91. The van der Waals surface area contributed by atoms with Gasteiger partial charge in [-0.3, -0.25) is 10.1 Å². The lowest BCUT2D eigenvalue weighted by Crippen LogP contribution is -2.42. The number of amides is 3. The first-order valence-electron chi connectivity index (χ1n) is 4.66. The van der Waals surface area contributed by atoms with Gasteiger partial charge in [0.1, 0.15) is 5.75 Å². The number of alkyl halides is 3. The van der Waals surface area contributed by atoms with Gasteiger partial charge in [0.15, 0.2) is 0 Å². The Kier molecular flexibility index (Phi) is 4.13. The Morgan fingerprint density at radius 3 is 2.17 bits per heavy atom. The maximum atomic E-state index is 11.8. The lowest BCUT2D eigenvalue weighted by atomic mass is 10.3. The number of methoxy groups -OCH3 is 1. The number of ether oxygens (including phenoxy) is 1. The fraction of sp³-hybridized carbons (Fsp3) is 0.200. The van der Waals surface area contributed by atoms with Crippen LogP contribution in [0, 0.1) is 0 Å². The molecule has 2 N–H and O–H groups in total. The second-order valence-electron chi connectivity index (χ2n) is 3.13. The Bertz CT molecular complexity index is 443. The summed E-state index contributed by atoms with van der Waals surface area (Å²) in [6.07, 6.45) is -5.10. The second kappa shape index (κ2) is 5.39. The quantitative estimate of drug-likeness (QED) is 0.855. The smallest absolute Gasteiger partial charge is 0.471 e. The number of nitrogens with one attached hydrogen (secondary N) is 2. The van der Waals surface area contributed by atoms with Gasteiger partial charge in [0.25, 0.3) is 0 Å². The molecule has 0 atom stereocenters. The number of carbonyl (C=O) groups is 2. The molecule has 0 unspecified atom stereocenters. The number of hydrogen-bond donors (Lipinski definition) is 2. The molecule has 0 radical (unpaired) electrons. The highest BCUT2D eigenvalue weighted by Gasteiger charge is 2.39. The van der Waals surface area contributed by atoms with Gasteiger partial charge >= 0.3 is 18.1 Å². The normalized spacial score (nSPS) is 10.7. The van der Waals surface area contributed by atoms with Gasteiger partial charge in [0, 0.05) is 5.69 Å². The highest BCUT2D eigenvalue weighted by Crippen LogP contribution is 2.16. The maximum absolute atomic E-state index is 11.8. The summed E-state index contributed by atoms with van der Waals surface area (Å²) < 4.78 is 40.4. The largest absolute Gasteiger partial charge is 0.497 e. The minimum atomic E-state index is -5.10. The average Bonchev–Trinajstić information content (AvgIpc) is 2.28. The first kappa shape index (κ1) is 13.8. The zero-order valence-electron chi connectivity index (χ0n) is 9.17. The van der Waals surface area contributed by atoms with Crippen molar-refractivity contribution < 1.29 is 27.5 Å². The van der Waals surface area contributed by atoms with Gasteiger partial charge < -0.3 is 10.1 Å². The van der Waals surface area contributed by atoms with Crippen LogP contribution in [0.2, 0.25) is 0 Å². The van der Waals surface area contributed by atoms with E-state index in [0.717, 1.165) is 5.32 Å². The van der Waals surface area contributed by atoms with E-state index in [-0.39, 0.29) is 5.69 Å². The number of urea groups is 1. The monoisotopic (exact) mass is 262 g/mol. The van der Waals surface area contributed by atoms with Gasteiger partial charge in [0.2, 0.25) is 0 Å². The van der Waals surface area contributed by atoms with Crippen molar-refractivity contribution in [1.82, 2.24) is 5.32 Å². The third-order valence-electron chi connectivity index (χ3n) is 1.83. The molecule has 0 saturated heterocycles. The molecule has 8 heteroatoms. The molecule has 0 aromatic heterocycles. The highest BCUT2D eigenvalue weighted by atomic mass is 19.4. The molecule has 98 valence electrons. The topological polar surface area (TPSA) is 67.4 Å². The van der Waals surface area contributed by atoms with Crippen molar-refractivity contribution in [2.75, 3.05) is 12.4 Å². The predicted molar refractivity (Wildman–Crippen MR) is 56.2 cm³/mol. The Morgan fingerprint density at radius 1 is 1.17 bits per heavy atom. The van der Waals surface area contributed by atoms with Crippen molar-refractivity contribution in [3.05, 3.63) is 24.3 Å². The van der Waals surface area contributed by atoms with Gasteiger partial charge in [-0.15, -0.1) is 0 Å². The van der Waals surface area contributed by atoms with E-state index in [2.05, 4.69) is 5.32 Å². The molecule has 0 aliphatic rings. The van der Waals surface area contributed by atoms with Crippen molar-refractivity contribution in [3.8, 4) is 5.75 Å². The number of anilines is 1. The van der Waals surface area contributed by atoms with Crippen LogP contribution in [0.15, 0.2) is 24.3 Å². The van der Waals surface area contributed by atoms with Gasteiger partial charge in [-0.1, -0.05) is 0 Å². The van der Waals surface area contributed by atoms with Crippen molar-refractivity contribution in [2.45, 2.75) is 6.18 Å². The summed E-state index contributed by atoms with van der Waals surface area (Å²) in [6, 6.07) is 4.57. The van der Waals surface area contributed by atoms with E-state index in [9.17, 15) is 22.8 Å². The van der Waals surface area contributed by atoms with E-state index < -0.39 is 18.1 Å². The van der Waals surface area contributed by atoms with Gasteiger partial charge in [0.05, 0.1) is 7.11 Å². The standard InChI is InChI=1S/C10H9F3N2O3/c1-18-7-4-2-6(3-5-7)14-9(17)15-8(16)10(11,12)13/h2-5H,1H3,(H2,14,15,16,17). The van der Waals surface area contributed by atoms with Gasteiger partial charge in [-0.2, -0.15) is 13.2 Å². The average molecular weight is 262 g/mol. The van der Waals surface area contributed by atoms with E-state index >= 15 is 0 Å². The van der Waals surface area contributed by atoms with E-state index in [0.29, 0.717) is 5.75 Å². The van der Waals surface area contributed by atoms with E-state index in [4.69, 9.17) is 4.74 Å². The van der Waals surface area contributed by atoms with Crippen LogP contribution in [0.4, 0.5) is 23.7 Å². The molecule has 1 aromatic rings. The molecule has 18 heavy (non-hydrogen) atoms. The first-order chi connectivity index (χ1) is 8.32. The molecule has 0 heterocycles. The zero-order valence-corrected chi connectivity index (χ0v) is 9.17. The maximum Gasteiger partial charge on any atom is 0.471 e. The number of carbonyl (C=O) groups excluding carboxylic acids is 2. The van der Waals surface area contributed by atoms with Gasteiger partial charge in [-0.25, -0.2) is 4.79 Å². The Balaban J connectivity index is 2.57. The van der Waals surface area contributed by atoms with Crippen LogP contribution in [0.1, 0.15) is 0 Å². The molecule has 0 bridgehead atoms. The van der Waals surface area contributed by atoms with Crippen molar-refractivity contribution in [3.63, 3.8) is 0 Å². The van der Waals surface area contributed by atoms with E-state index in [1.165, 1.54) is 31.4 Å². The number of hydrogen-bond acceptors (Lipinski definition) is 3. The number of rotatable bonds is 2. The molecule has 0 saturated carbocycles. The molecule has 0 spiro atoms. The molecule has 0 fully saturated rings. The summed E-state index contributed by atoms with van der Waals surface area (Å²) in [5, 5.41) is 3.22. The molecule has 1 aromatic carbocycles. The number of benzene rings is 1. The summed E-state index contributed by atoms with van der Waals surface area (Å²) in [6.45, 7) is 0. The third-order valence-corrected chi connectivity index (χ3v) is 1.83. The molecule has 3 amide bonds. The Hall–Kier alpha value is -2.25. The highest BCUT2D eigenvalue weighted by molar-refractivity contribution is 6.02. The van der Waals surface area contributed by atoms with Crippen LogP contribution in [-0.4, -0.2) is 25.2 Å². The fourth-order valence-electron chi connectivity index (χ4n) is 1.01. The summed E-state index contributed by atoms with van der Waals surface area (Å²) in [7, 11) is 1.44. The Labute approximate surface area is 99.9 Å². The van der Waals surface area contributed by atoms with Crippen LogP contribution in [0.5, 0.6) is 5.75 Å². The zero-order chi connectivity index (χ0) is 13.8. The van der Waals surface area contributed by atoms with Gasteiger partial charge in [-0.05, 0) is 24.3 Å². The summed E-state index contributed by atoms with van der Waals surface area (Å²) in [5.74, 6) is -1.80. The Morgan fingerprint density at radius 2 is 1.72 bits per heavy atom. The number of imide groups is 1. The van der Waals surface area contributed by atoms with E-state index in [1.807, 2.05) is 0 Å². The summed E-state index contributed by atoms with van der Waals surface area (Å²) >= 11 is 0. The third kappa shape index (κ3) is 3.96. The minimum absolute atomic E-state index is 0.225. The summed E-state index contributed by atoms with van der Waals surface area (Å²) in [4.78, 5) is 21.5. The van der Waals surface area contributed by atoms with E-state index in [1.54, 1.807) is 0 Å². The molecular weight excluding hydrogens is 253 g/mol. The van der Waals surface area contributed by atoms with Crippen LogP contribution in [0.3, 0.4) is 0 Å². The first-order valence-corrected chi connectivity index (χ1v) is 4.66. The van der Waals surface area contributed by atoms with Crippen molar-refractivity contribution in [2.24, 2.45) is 0 Å². The lowest BCUT2D eigenvalue weighted by molar-refractivity contribution is -0.172.